The number of hydrazone groups is 1. The molecular formula is C22H35N5O3. The molecule has 0 bridgehead atoms. The maximum atomic E-state index is 12.9. The molecule has 1 saturated carbocycles. The van der Waals surface area contributed by atoms with Crippen molar-refractivity contribution in [2.24, 2.45) is 11.0 Å². The van der Waals surface area contributed by atoms with E-state index in [4.69, 9.17) is 0 Å². The van der Waals surface area contributed by atoms with Crippen LogP contribution in [0.15, 0.2) is 5.10 Å². The Kier molecular flexibility index (Phi) is 5.47. The number of aliphatic hydroxyl groups is 1. The minimum absolute atomic E-state index is 0.0468. The molecular weight excluding hydrogens is 382 g/mol. The lowest BCUT2D eigenvalue weighted by molar-refractivity contribution is -0.142. The standard InChI is InChI=1S/C22H35N5O3/c28-20(14-25-11-7-17-4-1-2-5-18(17)25)24-12-8-22(30,9-13-24)15-26-16-23-27-10-3-6-19(27)21(26)29/h16-19,30H,1-15H2. The molecule has 3 saturated heterocycles. The Labute approximate surface area is 178 Å². The van der Waals surface area contributed by atoms with Gasteiger partial charge >= 0.3 is 0 Å². The van der Waals surface area contributed by atoms with Crippen molar-refractivity contribution in [2.45, 2.75) is 75.5 Å². The van der Waals surface area contributed by atoms with Crippen molar-refractivity contribution in [3.63, 3.8) is 0 Å². The molecule has 1 N–H and O–H groups in total. The molecule has 0 aromatic carbocycles. The fourth-order valence-electron chi connectivity index (χ4n) is 6.26. The van der Waals surface area contributed by atoms with Gasteiger partial charge in [0, 0.05) is 25.7 Å². The molecule has 0 spiro atoms. The molecule has 8 heteroatoms. The van der Waals surface area contributed by atoms with Crippen LogP contribution in [0.5, 0.6) is 0 Å². The van der Waals surface area contributed by atoms with Crippen LogP contribution in [0.25, 0.3) is 0 Å². The van der Waals surface area contributed by atoms with Gasteiger partial charge in [0.2, 0.25) is 5.91 Å². The zero-order chi connectivity index (χ0) is 20.7. The number of piperidine rings is 1. The first-order valence-electron chi connectivity index (χ1n) is 11.9. The van der Waals surface area contributed by atoms with Crippen molar-refractivity contribution in [1.29, 1.82) is 0 Å². The van der Waals surface area contributed by atoms with E-state index in [0.717, 1.165) is 31.8 Å². The molecule has 5 rings (SSSR count). The van der Waals surface area contributed by atoms with Gasteiger partial charge in [-0.05, 0) is 57.4 Å². The SMILES string of the molecule is O=C1C2CCCN2N=CN1CC1(O)CCN(C(=O)CN2CCC3CCCCC32)CC1. The first kappa shape index (κ1) is 20.2. The molecule has 8 nitrogen and oxygen atoms in total. The van der Waals surface area contributed by atoms with Crippen LogP contribution in [0.3, 0.4) is 0 Å². The van der Waals surface area contributed by atoms with Gasteiger partial charge in [-0.15, -0.1) is 0 Å². The van der Waals surface area contributed by atoms with E-state index in [0.29, 0.717) is 38.5 Å². The number of fused-ring (bicyclic) bond motifs is 2. The maximum absolute atomic E-state index is 12.9. The molecule has 0 aromatic rings. The zero-order valence-corrected chi connectivity index (χ0v) is 17.9. The van der Waals surface area contributed by atoms with Crippen molar-refractivity contribution >= 4 is 18.2 Å². The first-order chi connectivity index (χ1) is 14.5. The van der Waals surface area contributed by atoms with Gasteiger partial charge in [0.25, 0.3) is 5.91 Å². The van der Waals surface area contributed by atoms with E-state index >= 15 is 0 Å². The lowest BCUT2D eigenvalue weighted by Gasteiger charge is -2.42. The summed E-state index contributed by atoms with van der Waals surface area (Å²) >= 11 is 0. The third kappa shape index (κ3) is 3.84. The molecule has 4 heterocycles. The largest absolute Gasteiger partial charge is 0.388 e. The van der Waals surface area contributed by atoms with Gasteiger partial charge < -0.3 is 10.0 Å². The second kappa shape index (κ2) is 8.11. The number of β-amino-alcohol motifs (C(OH)–C–C–N with tert-alkyl or cyclic N) is 1. The fourth-order valence-corrected chi connectivity index (χ4v) is 6.26. The number of amides is 2. The van der Waals surface area contributed by atoms with Gasteiger partial charge in [0.15, 0.2) is 0 Å². The van der Waals surface area contributed by atoms with Crippen molar-refractivity contribution < 1.29 is 14.7 Å². The van der Waals surface area contributed by atoms with Gasteiger partial charge in [-0.25, -0.2) is 0 Å². The van der Waals surface area contributed by atoms with Gasteiger partial charge in [-0.3, -0.25) is 24.4 Å². The minimum atomic E-state index is -0.943. The molecule has 4 fully saturated rings. The third-order valence-corrected chi connectivity index (χ3v) is 8.11. The number of carbonyl (C=O) groups excluding carboxylic acids is 2. The van der Waals surface area contributed by atoms with E-state index in [1.54, 1.807) is 11.2 Å². The molecule has 3 atom stereocenters. The van der Waals surface area contributed by atoms with Crippen LogP contribution < -0.4 is 0 Å². The highest BCUT2D eigenvalue weighted by molar-refractivity contribution is 5.93. The monoisotopic (exact) mass is 417 g/mol. The quantitative estimate of drug-likeness (QED) is 0.734. The Morgan fingerprint density at radius 3 is 2.70 bits per heavy atom. The lowest BCUT2D eigenvalue weighted by Crippen LogP contribution is -2.57. The molecule has 5 aliphatic rings. The van der Waals surface area contributed by atoms with E-state index in [-0.39, 0.29) is 24.4 Å². The van der Waals surface area contributed by atoms with E-state index < -0.39 is 5.60 Å². The summed E-state index contributed by atoms with van der Waals surface area (Å²) in [5.74, 6) is 1.03. The van der Waals surface area contributed by atoms with Gasteiger partial charge in [0.05, 0.1) is 18.7 Å². The van der Waals surface area contributed by atoms with E-state index in [2.05, 4.69) is 10.0 Å². The molecule has 166 valence electrons. The topological polar surface area (TPSA) is 79.7 Å². The molecule has 1 aliphatic carbocycles. The summed E-state index contributed by atoms with van der Waals surface area (Å²) in [6, 6.07) is 0.438. The summed E-state index contributed by atoms with van der Waals surface area (Å²) in [5.41, 5.74) is -0.943. The van der Waals surface area contributed by atoms with Crippen molar-refractivity contribution in [1.82, 2.24) is 19.7 Å². The van der Waals surface area contributed by atoms with E-state index in [1.165, 1.54) is 32.1 Å². The summed E-state index contributed by atoms with van der Waals surface area (Å²) in [6.07, 6.45) is 10.9. The molecule has 0 aromatic heterocycles. The van der Waals surface area contributed by atoms with Crippen LogP contribution in [0, 0.1) is 5.92 Å². The van der Waals surface area contributed by atoms with Crippen LogP contribution >= 0.6 is 0 Å². The minimum Gasteiger partial charge on any atom is -0.388 e. The second-order valence-electron chi connectivity index (χ2n) is 9.99. The van der Waals surface area contributed by atoms with Crippen molar-refractivity contribution in [3.05, 3.63) is 0 Å². The summed E-state index contributed by atoms with van der Waals surface area (Å²) in [4.78, 5) is 31.5. The zero-order valence-electron chi connectivity index (χ0n) is 17.9. The van der Waals surface area contributed by atoms with Crippen molar-refractivity contribution in [3.8, 4) is 0 Å². The average Bonchev–Trinajstić information content (AvgIpc) is 3.38. The Morgan fingerprint density at radius 2 is 1.87 bits per heavy atom. The molecule has 0 radical (unpaired) electrons. The number of hydrogen-bond acceptors (Lipinski definition) is 6. The van der Waals surface area contributed by atoms with Crippen LogP contribution in [0.1, 0.15) is 57.8 Å². The van der Waals surface area contributed by atoms with Gasteiger partial charge in [0.1, 0.15) is 12.4 Å². The number of likely N-dealkylation sites (tertiary alicyclic amines) is 2. The summed E-state index contributed by atoms with van der Waals surface area (Å²) in [6.45, 7) is 3.80. The third-order valence-electron chi connectivity index (χ3n) is 8.11. The molecule has 3 unspecified atom stereocenters. The Morgan fingerprint density at radius 1 is 1.07 bits per heavy atom. The smallest absolute Gasteiger partial charge is 0.252 e. The van der Waals surface area contributed by atoms with E-state index in [1.807, 2.05) is 9.91 Å². The van der Waals surface area contributed by atoms with Crippen molar-refractivity contribution in [2.75, 3.05) is 39.3 Å². The Balaban J connectivity index is 1.13. The lowest BCUT2D eigenvalue weighted by atomic mass is 9.85. The predicted molar refractivity (Wildman–Crippen MR) is 113 cm³/mol. The highest BCUT2D eigenvalue weighted by Crippen LogP contribution is 2.36. The summed E-state index contributed by atoms with van der Waals surface area (Å²) in [7, 11) is 0. The van der Waals surface area contributed by atoms with E-state index in [9.17, 15) is 14.7 Å². The number of carbonyl (C=O) groups is 2. The maximum Gasteiger partial charge on any atom is 0.252 e. The first-order valence-corrected chi connectivity index (χ1v) is 11.9. The van der Waals surface area contributed by atoms with Crippen LogP contribution in [0.2, 0.25) is 0 Å². The normalized spacial score (nSPS) is 33.7. The summed E-state index contributed by atoms with van der Waals surface area (Å²) in [5, 5.41) is 17.3. The highest BCUT2D eigenvalue weighted by atomic mass is 16.3. The highest BCUT2D eigenvalue weighted by Gasteiger charge is 2.42. The molecule has 30 heavy (non-hydrogen) atoms. The number of hydrogen-bond donors (Lipinski definition) is 1. The fraction of sp³-hybridized carbons (Fsp3) is 0.864. The number of rotatable bonds is 4. The Bertz CT molecular complexity index is 705. The number of nitrogens with zero attached hydrogens (tertiary/aromatic N) is 5. The van der Waals surface area contributed by atoms with Crippen LogP contribution in [-0.2, 0) is 9.59 Å². The van der Waals surface area contributed by atoms with Gasteiger partial charge in [-0.1, -0.05) is 12.8 Å². The second-order valence-corrected chi connectivity index (χ2v) is 9.99. The van der Waals surface area contributed by atoms with Crippen LogP contribution in [-0.4, -0.2) is 99.9 Å². The molecule has 4 aliphatic heterocycles. The predicted octanol–water partition coefficient (Wildman–Crippen LogP) is 0.854. The summed E-state index contributed by atoms with van der Waals surface area (Å²) < 4.78 is 0. The Hall–Kier alpha value is -1.67. The van der Waals surface area contributed by atoms with Gasteiger partial charge in [-0.2, -0.15) is 5.10 Å². The average molecular weight is 418 g/mol. The van der Waals surface area contributed by atoms with Crippen LogP contribution in [0.4, 0.5) is 0 Å². The molecule has 2 amide bonds.